The maximum Gasteiger partial charge on any atom is 0.172 e. The van der Waals surface area contributed by atoms with Gasteiger partial charge in [0.1, 0.15) is 5.82 Å². The normalized spacial score (nSPS) is 19.4. The number of anilines is 1. The standard InChI is InChI=1S/C11H15N3OS/c16-11(13-8-9-4-3-7-15-9)14-10-5-1-2-6-12-10/h1-2,5-6,9H,3-4,7-8H2,(H2,12,13,14,16). The van der Waals surface area contributed by atoms with Gasteiger partial charge in [-0.05, 0) is 37.2 Å². The summed E-state index contributed by atoms with van der Waals surface area (Å²) >= 11 is 5.15. The summed E-state index contributed by atoms with van der Waals surface area (Å²) in [4.78, 5) is 4.13. The molecule has 0 bridgehead atoms. The van der Waals surface area contributed by atoms with Crippen LogP contribution in [0.5, 0.6) is 0 Å². The molecule has 86 valence electrons. The van der Waals surface area contributed by atoms with Crippen LogP contribution in [0, 0.1) is 0 Å². The number of ether oxygens (including phenoxy) is 1. The maximum absolute atomic E-state index is 5.49. The molecule has 1 aliphatic rings. The molecule has 1 aliphatic heterocycles. The number of aromatic nitrogens is 1. The molecule has 5 heteroatoms. The number of nitrogens with zero attached hydrogens (tertiary/aromatic N) is 1. The van der Waals surface area contributed by atoms with Gasteiger partial charge in [0, 0.05) is 19.3 Å². The van der Waals surface area contributed by atoms with Crippen molar-refractivity contribution in [2.24, 2.45) is 0 Å². The van der Waals surface area contributed by atoms with E-state index in [1.165, 1.54) is 0 Å². The lowest BCUT2D eigenvalue weighted by Crippen LogP contribution is -2.34. The van der Waals surface area contributed by atoms with Crippen molar-refractivity contribution < 1.29 is 4.74 Å². The molecule has 2 rings (SSSR count). The fraction of sp³-hybridized carbons (Fsp3) is 0.455. The number of pyridine rings is 1. The predicted octanol–water partition coefficient (Wildman–Crippen LogP) is 1.55. The van der Waals surface area contributed by atoms with Gasteiger partial charge in [0.25, 0.3) is 0 Å². The summed E-state index contributed by atoms with van der Waals surface area (Å²) in [6.07, 6.45) is 4.28. The molecule has 4 nitrogen and oxygen atoms in total. The zero-order chi connectivity index (χ0) is 11.2. The van der Waals surface area contributed by atoms with E-state index < -0.39 is 0 Å². The summed E-state index contributed by atoms with van der Waals surface area (Å²) in [5.74, 6) is 0.757. The molecule has 1 fully saturated rings. The van der Waals surface area contributed by atoms with Crippen LogP contribution in [-0.4, -0.2) is 29.4 Å². The van der Waals surface area contributed by atoms with Gasteiger partial charge in [-0.15, -0.1) is 0 Å². The molecule has 0 aliphatic carbocycles. The molecule has 2 heterocycles. The van der Waals surface area contributed by atoms with Gasteiger partial charge in [-0.1, -0.05) is 6.07 Å². The van der Waals surface area contributed by atoms with Crippen LogP contribution in [0.25, 0.3) is 0 Å². The van der Waals surface area contributed by atoms with E-state index in [0.717, 1.165) is 31.8 Å². The number of rotatable bonds is 3. The topological polar surface area (TPSA) is 46.2 Å². The first kappa shape index (κ1) is 11.3. The minimum absolute atomic E-state index is 0.295. The predicted molar refractivity (Wildman–Crippen MR) is 67.4 cm³/mol. The SMILES string of the molecule is S=C(NCC1CCCO1)Nc1ccccn1. The molecule has 0 spiro atoms. The monoisotopic (exact) mass is 237 g/mol. The van der Waals surface area contributed by atoms with Crippen molar-refractivity contribution in [1.82, 2.24) is 10.3 Å². The first-order valence-electron chi connectivity index (χ1n) is 5.42. The molecule has 0 amide bonds. The molecule has 16 heavy (non-hydrogen) atoms. The molecule has 0 radical (unpaired) electrons. The largest absolute Gasteiger partial charge is 0.376 e. The molecule has 1 atom stereocenters. The summed E-state index contributed by atoms with van der Waals surface area (Å²) in [5, 5.41) is 6.74. The van der Waals surface area contributed by atoms with E-state index in [1.54, 1.807) is 6.20 Å². The summed E-state index contributed by atoms with van der Waals surface area (Å²) in [6, 6.07) is 5.66. The van der Waals surface area contributed by atoms with E-state index in [-0.39, 0.29) is 0 Å². The van der Waals surface area contributed by atoms with Crippen LogP contribution in [0.1, 0.15) is 12.8 Å². The van der Waals surface area contributed by atoms with Gasteiger partial charge < -0.3 is 15.4 Å². The van der Waals surface area contributed by atoms with Gasteiger partial charge in [-0.3, -0.25) is 0 Å². The lowest BCUT2D eigenvalue weighted by molar-refractivity contribution is 0.114. The molecular formula is C11H15N3OS. The second-order valence-electron chi connectivity index (χ2n) is 3.69. The van der Waals surface area contributed by atoms with E-state index >= 15 is 0 Å². The number of hydrogen-bond donors (Lipinski definition) is 2. The van der Waals surface area contributed by atoms with Crippen molar-refractivity contribution >= 4 is 23.1 Å². The Morgan fingerprint density at radius 2 is 2.50 bits per heavy atom. The van der Waals surface area contributed by atoms with Crippen molar-refractivity contribution in [1.29, 1.82) is 0 Å². The Kier molecular flexibility index (Phi) is 4.07. The second-order valence-corrected chi connectivity index (χ2v) is 4.09. The number of hydrogen-bond acceptors (Lipinski definition) is 3. The van der Waals surface area contributed by atoms with Crippen LogP contribution in [-0.2, 0) is 4.74 Å². The van der Waals surface area contributed by atoms with Crippen LogP contribution >= 0.6 is 12.2 Å². The Hall–Kier alpha value is -1.20. The average Bonchev–Trinajstić information content (AvgIpc) is 2.81. The highest BCUT2D eigenvalue weighted by Crippen LogP contribution is 2.10. The van der Waals surface area contributed by atoms with Crippen LogP contribution < -0.4 is 10.6 Å². The molecule has 0 aromatic carbocycles. The minimum Gasteiger partial charge on any atom is -0.376 e. The second kappa shape index (κ2) is 5.77. The van der Waals surface area contributed by atoms with Crippen molar-refractivity contribution in [3.63, 3.8) is 0 Å². The Morgan fingerprint density at radius 1 is 1.56 bits per heavy atom. The Morgan fingerprint density at radius 3 is 3.19 bits per heavy atom. The third-order valence-electron chi connectivity index (χ3n) is 2.42. The fourth-order valence-corrected chi connectivity index (χ4v) is 1.80. The zero-order valence-electron chi connectivity index (χ0n) is 8.98. The van der Waals surface area contributed by atoms with E-state index in [0.29, 0.717) is 11.2 Å². The van der Waals surface area contributed by atoms with E-state index in [1.807, 2.05) is 18.2 Å². The number of thiocarbonyl (C=S) groups is 1. The summed E-state index contributed by atoms with van der Waals surface area (Å²) in [6.45, 7) is 1.63. The molecule has 2 N–H and O–H groups in total. The lowest BCUT2D eigenvalue weighted by atomic mass is 10.2. The molecule has 1 saturated heterocycles. The summed E-state index contributed by atoms with van der Waals surface area (Å²) in [7, 11) is 0. The van der Waals surface area contributed by atoms with Gasteiger partial charge in [-0.2, -0.15) is 0 Å². The zero-order valence-corrected chi connectivity index (χ0v) is 9.80. The van der Waals surface area contributed by atoms with Gasteiger partial charge in [0.2, 0.25) is 0 Å². The first-order chi connectivity index (χ1) is 7.84. The van der Waals surface area contributed by atoms with Crippen LogP contribution in [0.3, 0.4) is 0 Å². The number of nitrogens with one attached hydrogen (secondary N) is 2. The molecule has 1 unspecified atom stereocenters. The maximum atomic E-state index is 5.49. The quantitative estimate of drug-likeness (QED) is 0.781. The Bertz CT molecular complexity index is 338. The third kappa shape index (κ3) is 3.43. The average molecular weight is 237 g/mol. The van der Waals surface area contributed by atoms with E-state index in [2.05, 4.69) is 15.6 Å². The highest BCUT2D eigenvalue weighted by atomic mass is 32.1. The van der Waals surface area contributed by atoms with Gasteiger partial charge >= 0.3 is 0 Å². The van der Waals surface area contributed by atoms with Crippen molar-refractivity contribution in [2.45, 2.75) is 18.9 Å². The fourth-order valence-electron chi connectivity index (χ4n) is 1.61. The van der Waals surface area contributed by atoms with E-state index in [4.69, 9.17) is 17.0 Å². The Balaban J connectivity index is 1.72. The van der Waals surface area contributed by atoms with Crippen molar-refractivity contribution in [2.75, 3.05) is 18.5 Å². The minimum atomic E-state index is 0.295. The van der Waals surface area contributed by atoms with Gasteiger partial charge in [0.05, 0.1) is 6.10 Å². The molecule has 1 aromatic heterocycles. The molecule has 1 aromatic rings. The highest BCUT2D eigenvalue weighted by molar-refractivity contribution is 7.80. The Labute approximate surface area is 100 Å². The van der Waals surface area contributed by atoms with E-state index in [9.17, 15) is 0 Å². The third-order valence-corrected chi connectivity index (χ3v) is 2.67. The van der Waals surface area contributed by atoms with Crippen LogP contribution in [0.15, 0.2) is 24.4 Å². The summed E-state index contributed by atoms with van der Waals surface area (Å²) in [5.41, 5.74) is 0. The highest BCUT2D eigenvalue weighted by Gasteiger charge is 2.15. The van der Waals surface area contributed by atoms with Crippen LogP contribution in [0.4, 0.5) is 5.82 Å². The van der Waals surface area contributed by atoms with Gasteiger partial charge in [0.15, 0.2) is 5.11 Å². The van der Waals surface area contributed by atoms with Crippen molar-refractivity contribution in [3.05, 3.63) is 24.4 Å². The smallest absolute Gasteiger partial charge is 0.172 e. The van der Waals surface area contributed by atoms with Crippen LogP contribution in [0.2, 0.25) is 0 Å². The first-order valence-corrected chi connectivity index (χ1v) is 5.83. The van der Waals surface area contributed by atoms with Crippen molar-refractivity contribution in [3.8, 4) is 0 Å². The molecular weight excluding hydrogens is 222 g/mol. The van der Waals surface area contributed by atoms with Gasteiger partial charge in [-0.25, -0.2) is 4.98 Å². The lowest BCUT2D eigenvalue weighted by Gasteiger charge is -2.13. The molecule has 0 saturated carbocycles. The summed E-state index contributed by atoms with van der Waals surface area (Å²) < 4.78 is 5.49.